The maximum atomic E-state index is 11.8. The zero-order valence-corrected chi connectivity index (χ0v) is 16.3. The third-order valence-corrected chi connectivity index (χ3v) is 4.89. The molecule has 0 spiro atoms. The average Bonchev–Trinajstić information content (AvgIpc) is 3.20. The van der Waals surface area contributed by atoms with Gasteiger partial charge in [-0.25, -0.2) is 19.7 Å². The first-order valence-corrected chi connectivity index (χ1v) is 8.93. The summed E-state index contributed by atoms with van der Waals surface area (Å²) in [5.41, 5.74) is 4.34. The monoisotopic (exact) mass is 365 g/mol. The van der Waals surface area contributed by atoms with Gasteiger partial charge in [0.05, 0.1) is 35.9 Å². The predicted octanol–water partition coefficient (Wildman–Crippen LogP) is 2.97. The van der Waals surface area contributed by atoms with Crippen molar-refractivity contribution in [2.75, 3.05) is 12.0 Å². The van der Waals surface area contributed by atoms with Crippen LogP contribution >= 0.6 is 0 Å². The molecule has 0 N–H and O–H groups in total. The first kappa shape index (κ1) is 17.5. The van der Waals surface area contributed by atoms with Gasteiger partial charge in [0.1, 0.15) is 5.82 Å². The van der Waals surface area contributed by atoms with Crippen LogP contribution in [0.4, 0.5) is 5.95 Å². The lowest BCUT2D eigenvalue weighted by Crippen LogP contribution is -2.19. The number of hydrogen-bond donors (Lipinski definition) is 0. The highest BCUT2D eigenvalue weighted by atomic mass is 16.5. The normalized spacial score (nSPS) is 13.9. The van der Waals surface area contributed by atoms with Crippen molar-refractivity contribution in [3.63, 3.8) is 0 Å². The molecule has 1 aliphatic rings. The number of nitrogens with zero attached hydrogens (tertiary/aromatic N) is 5. The van der Waals surface area contributed by atoms with Crippen LogP contribution in [0.3, 0.4) is 0 Å². The summed E-state index contributed by atoms with van der Waals surface area (Å²) in [4.78, 5) is 28.0. The van der Waals surface area contributed by atoms with Crippen LogP contribution in [0.5, 0.6) is 0 Å². The number of aromatic nitrogens is 4. The van der Waals surface area contributed by atoms with Crippen LogP contribution in [0.2, 0.25) is 0 Å². The topological polar surface area (TPSA) is 73.1 Å². The van der Waals surface area contributed by atoms with Crippen molar-refractivity contribution in [2.24, 2.45) is 7.05 Å². The highest BCUT2D eigenvalue weighted by Crippen LogP contribution is 2.30. The maximum absolute atomic E-state index is 11.8. The Labute approximate surface area is 158 Å². The third kappa shape index (κ3) is 2.93. The molecule has 0 atom stereocenters. The number of aryl methyl sites for hydroxylation is 1. The Morgan fingerprint density at radius 3 is 2.67 bits per heavy atom. The Morgan fingerprint density at radius 2 is 1.96 bits per heavy atom. The Morgan fingerprint density at radius 1 is 1.19 bits per heavy atom. The molecule has 0 fully saturated rings. The summed E-state index contributed by atoms with van der Waals surface area (Å²) >= 11 is 0. The zero-order chi connectivity index (χ0) is 19.3. The Kier molecular flexibility index (Phi) is 3.91. The van der Waals surface area contributed by atoms with E-state index in [-0.39, 0.29) is 11.4 Å². The van der Waals surface area contributed by atoms with E-state index in [1.165, 1.54) is 7.11 Å². The standard InChI is InChI=1S/C20H23N5O2/c1-20(2,3)18-21-9-13-10-25(11-15(13)22-18)19-23-14-8-12(17(26)27-5)6-7-16(14)24(19)4/h6-9H,10-11H2,1-5H3. The van der Waals surface area contributed by atoms with Crippen LogP contribution in [-0.2, 0) is 30.3 Å². The lowest BCUT2D eigenvalue weighted by molar-refractivity contribution is 0.0601. The molecular formula is C20H23N5O2. The minimum atomic E-state index is -0.359. The van der Waals surface area contributed by atoms with E-state index < -0.39 is 0 Å². The summed E-state index contributed by atoms with van der Waals surface area (Å²) in [6, 6.07) is 5.43. The zero-order valence-electron chi connectivity index (χ0n) is 16.3. The van der Waals surface area contributed by atoms with Crippen LogP contribution in [0.25, 0.3) is 11.0 Å². The molecule has 0 bridgehead atoms. The summed E-state index contributed by atoms with van der Waals surface area (Å²) < 4.78 is 6.85. The van der Waals surface area contributed by atoms with Crippen molar-refractivity contribution in [2.45, 2.75) is 39.3 Å². The number of fused-ring (bicyclic) bond motifs is 2. The van der Waals surface area contributed by atoms with Crippen LogP contribution in [-0.4, -0.2) is 32.6 Å². The maximum Gasteiger partial charge on any atom is 0.337 e. The number of benzene rings is 1. The SMILES string of the molecule is COC(=O)c1ccc2c(c1)nc(N1Cc3cnc(C(C)(C)C)nc3C1)n2C. The fourth-order valence-corrected chi connectivity index (χ4v) is 3.37. The highest BCUT2D eigenvalue weighted by Gasteiger charge is 2.27. The van der Waals surface area contributed by atoms with E-state index >= 15 is 0 Å². The molecule has 4 rings (SSSR count). The highest BCUT2D eigenvalue weighted by molar-refractivity contribution is 5.94. The summed E-state index contributed by atoms with van der Waals surface area (Å²) in [6.45, 7) is 7.77. The van der Waals surface area contributed by atoms with Crippen LogP contribution in [0, 0.1) is 0 Å². The van der Waals surface area contributed by atoms with Crippen molar-refractivity contribution < 1.29 is 9.53 Å². The van der Waals surface area contributed by atoms with Crippen molar-refractivity contribution in [3.05, 3.63) is 47.0 Å². The van der Waals surface area contributed by atoms with Gasteiger partial charge in [-0.3, -0.25) is 0 Å². The first-order chi connectivity index (χ1) is 12.8. The third-order valence-electron chi connectivity index (χ3n) is 4.89. The number of carbonyl (C=O) groups is 1. The lowest BCUT2D eigenvalue weighted by atomic mass is 9.95. The summed E-state index contributed by atoms with van der Waals surface area (Å²) in [5.74, 6) is 1.35. The fourth-order valence-electron chi connectivity index (χ4n) is 3.37. The van der Waals surface area contributed by atoms with Crippen molar-refractivity contribution >= 4 is 23.0 Å². The van der Waals surface area contributed by atoms with Crippen molar-refractivity contribution in [1.82, 2.24) is 19.5 Å². The van der Waals surface area contributed by atoms with Gasteiger partial charge in [-0.2, -0.15) is 0 Å². The molecule has 1 aliphatic heterocycles. The summed E-state index contributed by atoms with van der Waals surface area (Å²) in [7, 11) is 3.36. The van der Waals surface area contributed by atoms with Gasteiger partial charge < -0.3 is 14.2 Å². The largest absolute Gasteiger partial charge is 0.465 e. The number of imidazole rings is 1. The van der Waals surface area contributed by atoms with E-state index in [9.17, 15) is 4.79 Å². The molecule has 0 aliphatic carbocycles. The van der Waals surface area contributed by atoms with Gasteiger partial charge in [-0.1, -0.05) is 20.8 Å². The Hall–Kier alpha value is -2.96. The van der Waals surface area contributed by atoms with E-state index in [0.29, 0.717) is 12.1 Å². The summed E-state index contributed by atoms with van der Waals surface area (Å²) in [5, 5.41) is 0. The van der Waals surface area contributed by atoms with E-state index in [0.717, 1.165) is 40.6 Å². The van der Waals surface area contributed by atoms with Crippen LogP contribution in [0.15, 0.2) is 24.4 Å². The molecule has 0 saturated heterocycles. The second-order valence-electron chi connectivity index (χ2n) is 7.94. The molecule has 7 nitrogen and oxygen atoms in total. The number of anilines is 1. The Bertz CT molecular complexity index is 1050. The molecule has 0 unspecified atom stereocenters. The molecule has 7 heteroatoms. The average molecular weight is 365 g/mol. The fraction of sp³-hybridized carbons (Fsp3) is 0.400. The first-order valence-electron chi connectivity index (χ1n) is 8.93. The predicted molar refractivity (Wildman–Crippen MR) is 103 cm³/mol. The minimum absolute atomic E-state index is 0.0787. The van der Waals surface area contributed by atoms with Crippen LogP contribution < -0.4 is 4.90 Å². The molecule has 2 aromatic heterocycles. The molecule has 3 aromatic rings. The quantitative estimate of drug-likeness (QED) is 0.650. The van der Waals surface area contributed by atoms with Crippen molar-refractivity contribution in [1.29, 1.82) is 0 Å². The van der Waals surface area contributed by atoms with Gasteiger partial charge in [-0.15, -0.1) is 0 Å². The summed E-state index contributed by atoms with van der Waals surface area (Å²) in [6.07, 6.45) is 1.93. The van der Waals surface area contributed by atoms with Gasteiger partial charge in [0, 0.05) is 30.8 Å². The number of carbonyl (C=O) groups excluding carboxylic acids is 1. The van der Waals surface area contributed by atoms with Gasteiger partial charge >= 0.3 is 5.97 Å². The second-order valence-corrected chi connectivity index (χ2v) is 7.94. The molecule has 0 radical (unpaired) electrons. The van der Waals surface area contributed by atoms with Gasteiger partial charge in [-0.05, 0) is 18.2 Å². The molecule has 27 heavy (non-hydrogen) atoms. The van der Waals surface area contributed by atoms with E-state index in [2.05, 4.69) is 30.7 Å². The number of ether oxygens (including phenoxy) is 1. The molecule has 0 saturated carbocycles. The second kappa shape index (κ2) is 6.04. The van der Waals surface area contributed by atoms with Gasteiger partial charge in [0.15, 0.2) is 0 Å². The van der Waals surface area contributed by atoms with E-state index in [1.807, 2.05) is 23.9 Å². The molecule has 140 valence electrons. The van der Waals surface area contributed by atoms with Crippen molar-refractivity contribution in [3.8, 4) is 0 Å². The lowest BCUT2D eigenvalue weighted by Gasteiger charge is -2.17. The molecule has 3 heterocycles. The molecular weight excluding hydrogens is 342 g/mol. The smallest absolute Gasteiger partial charge is 0.337 e. The number of methoxy groups -OCH3 is 1. The molecule has 0 amide bonds. The van der Waals surface area contributed by atoms with Gasteiger partial charge in [0.2, 0.25) is 5.95 Å². The van der Waals surface area contributed by atoms with E-state index in [1.54, 1.807) is 12.1 Å². The van der Waals surface area contributed by atoms with Gasteiger partial charge in [0.25, 0.3) is 0 Å². The Balaban J connectivity index is 1.68. The van der Waals surface area contributed by atoms with E-state index in [4.69, 9.17) is 14.7 Å². The van der Waals surface area contributed by atoms with Crippen LogP contribution in [0.1, 0.15) is 48.2 Å². The number of esters is 1. The number of hydrogen-bond acceptors (Lipinski definition) is 6. The molecule has 1 aromatic carbocycles. The number of rotatable bonds is 2. The minimum Gasteiger partial charge on any atom is -0.465 e.